The highest BCUT2D eigenvalue weighted by Gasteiger charge is 2.51. The fourth-order valence-electron chi connectivity index (χ4n) is 3.68. The molecule has 2 N–H and O–H groups in total. The summed E-state index contributed by atoms with van der Waals surface area (Å²) >= 11 is 0. The molecule has 2 aliphatic rings. The van der Waals surface area contributed by atoms with Crippen LogP contribution in [0.3, 0.4) is 0 Å². The molecule has 21 heavy (non-hydrogen) atoms. The van der Waals surface area contributed by atoms with Crippen LogP contribution in [0.25, 0.3) is 0 Å². The van der Waals surface area contributed by atoms with E-state index in [1.54, 1.807) is 6.07 Å². The number of carboxylic acids is 1. The van der Waals surface area contributed by atoms with E-state index in [0.717, 1.165) is 19.3 Å². The maximum Gasteiger partial charge on any atom is 0.305 e. The van der Waals surface area contributed by atoms with E-state index in [1.807, 2.05) is 0 Å². The zero-order valence-electron chi connectivity index (χ0n) is 11.2. The molecule has 0 saturated heterocycles. The van der Waals surface area contributed by atoms with Crippen molar-refractivity contribution in [3.8, 4) is 0 Å². The van der Waals surface area contributed by atoms with Crippen molar-refractivity contribution in [2.75, 3.05) is 0 Å². The first-order chi connectivity index (χ1) is 10.1. The Morgan fingerprint density at radius 3 is 2.48 bits per heavy atom. The fourth-order valence-corrected chi connectivity index (χ4v) is 3.68. The molecule has 112 valence electrons. The number of amides is 2. The number of hydrazine groups is 1. The van der Waals surface area contributed by atoms with Gasteiger partial charge in [0.05, 0.1) is 12.2 Å². The highest BCUT2D eigenvalue weighted by Crippen LogP contribution is 2.52. The van der Waals surface area contributed by atoms with Crippen LogP contribution in [0.15, 0.2) is 22.8 Å². The highest BCUT2D eigenvalue weighted by atomic mass is 16.4. The number of fused-ring (bicyclic) bond motifs is 2. The minimum atomic E-state index is -1.18. The van der Waals surface area contributed by atoms with E-state index in [2.05, 4.69) is 10.9 Å². The molecule has 7 heteroatoms. The maximum atomic E-state index is 12.2. The molecule has 2 amide bonds. The van der Waals surface area contributed by atoms with Crippen molar-refractivity contribution in [2.24, 2.45) is 23.7 Å². The van der Waals surface area contributed by atoms with Crippen molar-refractivity contribution in [1.82, 2.24) is 10.9 Å². The number of furan rings is 1. The van der Waals surface area contributed by atoms with Gasteiger partial charge in [0.15, 0.2) is 5.76 Å². The fraction of sp³-hybridized carbons (Fsp3) is 0.500. The second kappa shape index (κ2) is 5.23. The molecule has 1 heterocycles. The van der Waals surface area contributed by atoms with E-state index in [0.29, 0.717) is 0 Å². The van der Waals surface area contributed by atoms with E-state index in [1.165, 1.54) is 12.3 Å². The number of aliphatic carboxylic acids is 1. The molecule has 2 aliphatic carbocycles. The van der Waals surface area contributed by atoms with Gasteiger partial charge < -0.3 is 14.3 Å². The van der Waals surface area contributed by atoms with Crippen molar-refractivity contribution >= 4 is 17.8 Å². The van der Waals surface area contributed by atoms with Crippen LogP contribution in [0.5, 0.6) is 0 Å². The third-order valence-electron chi connectivity index (χ3n) is 4.54. The lowest BCUT2D eigenvalue weighted by molar-refractivity contribution is -0.314. The Hall–Kier alpha value is -2.31. The van der Waals surface area contributed by atoms with Gasteiger partial charge in [0.25, 0.3) is 0 Å². The molecule has 2 fully saturated rings. The summed E-state index contributed by atoms with van der Waals surface area (Å²) in [4.78, 5) is 35.1. The highest BCUT2D eigenvalue weighted by molar-refractivity contribution is 5.93. The summed E-state index contributed by atoms with van der Waals surface area (Å²) in [7, 11) is 0. The number of hydrogen-bond donors (Lipinski definition) is 2. The molecule has 0 radical (unpaired) electrons. The van der Waals surface area contributed by atoms with Crippen LogP contribution in [0.4, 0.5) is 0 Å². The van der Waals surface area contributed by atoms with E-state index < -0.39 is 29.6 Å². The van der Waals surface area contributed by atoms with Crippen molar-refractivity contribution in [1.29, 1.82) is 0 Å². The summed E-state index contributed by atoms with van der Waals surface area (Å²) < 4.78 is 4.89. The van der Waals surface area contributed by atoms with Crippen LogP contribution in [-0.4, -0.2) is 17.8 Å². The van der Waals surface area contributed by atoms with Gasteiger partial charge in [-0.2, -0.15) is 0 Å². The number of nitrogens with one attached hydrogen (secondary N) is 2. The number of carbonyl (C=O) groups excluding carboxylic acids is 3. The van der Waals surface area contributed by atoms with Crippen LogP contribution < -0.4 is 16.0 Å². The van der Waals surface area contributed by atoms with Crippen molar-refractivity contribution < 1.29 is 23.9 Å². The molecule has 2 bridgehead atoms. The number of rotatable bonds is 3. The summed E-state index contributed by atoms with van der Waals surface area (Å²) in [5.74, 6) is -3.50. The van der Waals surface area contributed by atoms with Crippen LogP contribution in [-0.2, 0) is 9.59 Å². The van der Waals surface area contributed by atoms with Crippen LogP contribution in [0.1, 0.15) is 29.8 Å². The molecule has 0 aliphatic heterocycles. The molecule has 0 unspecified atom stereocenters. The molecular formula is C14H15N2O5-. The van der Waals surface area contributed by atoms with E-state index in [-0.39, 0.29) is 17.6 Å². The smallest absolute Gasteiger partial charge is 0.305 e. The Balaban J connectivity index is 1.62. The van der Waals surface area contributed by atoms with Crippen molar-refractivity contribution in [2.45, 2.75) is 19.3 Å². The molecule has 1 aromatic rings. The number of hydrogen-bond acceptors (Lipinski definition) is 5. The minimum absolute atomic E-state index is 0.0107. The Bertz CT molecular complexity index is 568. The van der Waals surface area contributed by atoms with Gasteiger partial charge in [0.2, 0.25) is 5.91 Å². The molecule has 2 saturated carbocycles. The van der Waals surface area contributed by atoms with Gasteiger partial charge in [-0.05, 0) is 43.2 Å². The average Bonchev–Trinajstić information content (AvgIpc) is 3.17. The van der Waals surface area contributed by atoms with E-state index >= 15 is 0 Å². The zero-order valence-corrected chi connectivity index (χ0v) is 11.2. The van der Waals surface area contributed by atoms with Gasteiger partial charge in [-0.3, -0.25) is 20.4 Å². The Labute approximate surface area is 120 Å². The Morgan fingerprint density at radius 1 is 1.14 bits per heavy atom. The predicted molar refractivity (Wildman–Crippen MR) is 67.1 cm³/mol. The van der Waals surface area contributed by atoms with Gasteiger partial charge in [-0.1, -0.05) is 0 Å². The summed E-state index contributed by atoms with van der Waals surface area (Å²) in [5.41, 5.74) is 4.53. The Morgan fingerprint density at radius 2 is 1.86 bits per heavy atom. The van der Waals surface area contributed by atoms with Gasteiger partial charge in [-0.15, -0.1) is 0 Å². The SMILES string of the molecule is O=C(NNC(=O)[C@@H]1[C@@H]2CC[C@@H](C2)[C@@H]1C(=O)[O-])c1ccco1. The molecule has 3 rings (SSSR count). The van der Waals surface area contributed by atoms with Crippen LogP contribution >= 0.6 is 0 Å². The third-order valence-corrected chi connectivity index (χ3v) is 4.54. The first-order valence-corrected chi connectivity index (χ1v) is 6.92. The summed E-state index contributed by atoms with van der Waals surface area (Å²) in [6, 6.07) is 3.02. The number of carbonyl (C=O) groups is 3. The average molecular weight is 291 g/mol. The largest absolute Gasteiger partial charge is 0.550 e. The van der Waals surface area contributed by atoms with E-state index in [9.17, 15) is 19.5 Å². The third kappa shape index (κ3) is 2.39. The van der Waals surface area contributed by atoms with Gasteiger partial charge in [0, 0.05) is 11.9 Å². The predicted octanol–water partition coefficient (Wildman–Crippen LogP) is -0.547. The first-order valence-electron chi connectivity index (χ1n) is 6.92. The molecule has 1 aromatic heterocycles. The lowest BCUT2D eigenvalue weighted by atomic mass is 9.79. The molecular weight excluding hydrogens is 276 g/mol. The first kappa shape index (κ1) is 13.7. The summed E-state index contributed by atoms with van der Waals surface area (Å²) in [6.07, 6.45) is 3.76. The summed E-state index contributed by atoms with van der Waals surface area (Å²) in [5, 5.41) is 11.2. The standard InChI is InChI=1S/C14H16N2O5/c17-12(9-2-1-5-21-9)15-16-13(18)10-7-3-4-8(6-7)11(10)14(19)20/h1-2,5,7-8,10-11H,3-4,6H2,(H,15,17)(H,16,18)(H,19,20)/p-1/t7-,8+,10-,11+/m1/s1. The normalized spacial score (nSPS) is 30.1. The van der Waals surface area contributed by atoms with Gasteiger partial charge >= 0.3 is 5.91 Å². The quantitative estimate of drug-likeness (QED) is 0.726. The van der Waals surface area contributed by atoms with Gasteiger partial charge in [0.1, 0.15) is 0 Å². The summed E-state index contributed by atoms with van der Waals surface area (Å²) in [6.45, 7) is 0. The molecule has 4 atom stereocenters. The lowest BCUT2D eigenvalue weighted by Gasteiger charge is -2.30. The zero-order chi connectivity index (χ0) is 15.0. The lowest BCUT2D eigenvalue weighted by Crippen LogP contribution is -2.50. The monoisotopic (exact) mass is 291 g/mol. The molecule has 0 aromatic carbocycles. The topological polar surface area (TPSA) is 111 Å². The number of carboxylic acid groups (broad SMARTS) is 1. The van der Waals surface area contributed by atoms with Crippen molar-refractivity contribution in [3.63, 3.8) is 0 Å². The molecule has 7 nitrogen and oxygen atoms in total. The van der Waals surface area contributed by atoms with Crippen LogP contribution in [0.2, 0.25) is 0 Å². The van der Waals surface area contributed by atoms with Gasteiger partial charge in [-0.25, -0.2) is 0 Å². The second-order valence-electron chi connectivity index (χ2n) is 5.62. The maximum absolute atomic E-state index is 12.2. The molecule has 0 spiro atoms. The van der Waals surface area contributed by atoms with Crippen molar-refractivity contribution in [3.05, 3.63) is 24.2 Å². The van der Waals surface area contributed by atoms with Crippen LogP contribution in [0, 0.1) is 23.7 Å². The Kier molecular flexibility index (Phi) is 3.40. The minimum Gasteiger partial charge on any atom is -0.550 e. The van der Waals surface area contributed by atoms with E-state index in [4.69, 9.17) is 4.42 Å². The second-order valence-corrected chi connectivity index (χ2v) is 5.62.